The van der Waals surface area contributed by atoms with Crippen LogP contribution in [-0.2, 0) is 4.74 Å². The molecule has 20 heavy (non-hydrogen) atoms. The van der Waals surface area contributed by atoms with E-state index in [1.54, 1.807) is 0 Å². The van der Waals surface area contributed by atoms with Crippen LogP contribution in [0.3, 0.4) is 0 Å². The quantitative estimate of drug-likeness (QED) is 0.368. The SMILES string of the molecule is CC1(C)[C@H]2CC=C(COC(=O)c3cc[n+]([O-])cc3)[C@@H]1C2. The maximum Gasteiger partial charge on any atom is 0.338 e. The molecule has 1 aromatic rings. The number of fused-ring (bicyclic) bond motifs is 1. The molecule has 1 heterocycles. The summed E-state index contributed by atoms with van der Waals surface area (Å²) < 4.78 is 6.03. The molecule has 0 unspecified atom stereocenters. The Morgan fingerprint density at radius 3 is 2.75 bits per heavy atom. The average molecular weight is 273 g/mol. The molecule has 0 aliphatic heterocycles. The van der Waals surface area contributed by atoms with Crippen molar-refractivity contribution in [3.05, 3.63) is 46.9 Å². The molecule has 106 valence electrons. The third kappa shape index (κ3) is 2.09. The first-order valence-electron chi connectivity index (χ1n) is 7.03. The Morgan fingerprint density at radius 1 is 1.45 bits per heavy atom. The first-order chi connectivity index (χ1) is 9.48. The van der Waals surface area contributed by atoms with E-state index in [0.717, 1.165) is 12.3 Å². The Labute approximate surface area is 118 Å². The maximum atomic E-state index is 11.9. The Bertz CT molecular complexity index is 560. The summed E-state index contributed by atoms with van der Waals surface area (Å²) in [5.41, 5.74) is 2.01. The minimum Gasteiger partial charge on any atom is -0.619 e. The van der Waals surface area contributed by atoms with Gasteiger partial charge in [-0.05, 0) is 35.7 Å². The van der Waals surface area contributed by atoms with Gasteiger partial charge >= 0.3 is 5.97 Å². The summed E-state index contributed by atoms with van der Waals surface area (Å²) in [6.07, 6.45) is 7.15. The molecule has 1 fully saturated rings. The lowest BCUT2D eigenvalue weighted by Gasteiger charge is -2.56. The van der Waals surface area contributed by atoms with Gasteiger partial charge in [-0.25, -0.2) is 4.79 Å². The molecule has 0 aromatic carbocycles. The number of hydrogen-bond donors (Lipinski definition) is 0. The summed E-state index contributed by atoms with van der Waals surface area (Å²) in [6.45, 7) is 4.96. The monoisotopic (exact) mass is 273 g/mol. The lowest BCUT2D eigenvalue weighted by Crippen LogP contribution is -2.48. The van der Waals surface area contributed by atoms with Crippen molar-refractivity contribution < 1.29 is 14.3 Å². The zero-order valence-electron chi connectivity index (χ0n) is 11.8. The van der Waals surface area contributed by atoms with Gasteiger partial charge in [-0.1, -0.05) is 19.9 Å². The van der Waals surface area contributed by atoms with Gasteiger partial charge in [-0.2, -0.15) is 4.73 Å². The van der Waals surface area contributed by atoms with E-state index in [9.17, 15) is 10.0 Å². The molecule has 0 saturated heterocycles. The number of aromatic nitrogens is 1. The third-order valence-corrected chi connectivity index (χ3v) is 4.99. The number of nitrogens with zero attached hydrogens (tertiary/aromatic N) is 1. The van der Waals surface area contributed by atoms with Gasteiger partial charge < -0.3 is 9.94 Å². The number of allylic oxidation sites excluding steroid dienone is 1. The Morgan fingerprint density at radius 2 is 2.15 bits per heavy atom. The Balaban J connectivity index is 1.61. The molecule has 3 aliphatic rings. The highest BCUT2D eigenvalue weighted by molar-refractivity contribution is 5.89. The predicted molar refractivity (Wildman–Crippen MR) is 73.8 cm³/mol. The van der Waals surface area contributed by atoms with E-state index < -0.39 is 0 Å². The number of carbonyl (C=O) groups is 1. The zero-order valence-corrected chi connectivity index (χ0v) is 11.8. The van der Waals surface area contributed by atoms with Crippen molar-refractivity contribution >= 4 is 5.97 Å². The van der Waals surface area contributed by atoms with Crippen LogP contribution in [0.1, 0.15) is 37.0 Å². The van der Waals surface area contributed by atoms with Crippen LogP contribution in [0.25, 0.3) is 0 Å². The normalized spacial score (nSPS) is 26.4. The summed E-state index contributed by atoms with van der Waals surface area (Å²) in [4.78, 5) is 11.9. The van der Waals surface area contributed by atoms with Crippen molar-refractivity contribution in [1.82, 2.24) is 0 Å². The fourth-order valence-electron chi connectivity index (χ4n) is 3.42. The van der Waals surface area contributed by atoms with Gasteiger partial charge in [0.05, 0.1) is 5.56 Å². The maximum absolute atomic E-state index is 11.9. The highest BCUT2D eigenvalue weighted by Gasteiger charge is 2.51. The molecule has 4 heteroatoms. The van der Waals surface area contributed by atoms with Crippen LogP contribution >= 0.6 is 0 Å². The molecule has 4 nitrogen and oxygen atoms in total. The van der Waals surface area contributed by atoms with Crippen LogP contribution in [0, 0.1) is 22.5 Å². The molecule has 0 amide bonds. The van der Waals surface area contributed by atoms with E-state index in [-0.39, 0.29) is 5.97 Å². The standard InChI is InChI=1S/C16H19NO3/c1-16(2)13-4-3-12(14(16)9-13)10-20-15(18)11-5-7-17(19)8-6-11/h3,5-8,13-14H,4,9-10H2,1-2H3/t13-,14-/m0/s1. The highest BCUT2D eigenvalue weighted by atomic mass is 16.5. The largest absolute Gasteiger partial charge is 0.619 e. The Hall–Kier alpha value is -1.84. The molecule has 3 aliphatic carbocycles. The fraction of sp³-hybridized carbons (Fsp3) is 0.500. The van der Waals surface area contributed by atoms with E-state index >= 15 is 0 Å². The number of ether oxygens (including phenoxy) is 1. The van der Waals surface area contributed by atoms with Crippen LogP contribution in [0.4, 0.5) is 0 Å². The molecule has 0 N–H and O–H groups in total. The second kappa shape index (κ2) is 4.62. The second-order valence-corrected chi connectivity index (χ2v) is 6.34. The van der Waals surface area contributed by atoms with Crippen molar-refractivity contribution in [2.24, 2.45) is 17.3 Å². The lowest BCUT2D eigenvalue weighted by atomic mass is 9.49. The molecule has 0 radical (unpaired) electrons. The third-order valence-electron chi connectivity index (χ3n) is 4.99. The molecular weight excluding hydrogens is 254 g/mol. The zero-order chi connectivity index (χ0) is 14.3. The van der Waals surface area contributed by atoms with Gasteiger partial charge in [0.1, 0.15) is 6.61 Å². The van der Waals surface area contributed by atoms with E-state index in [1.807, 2.05) is 0 Å². The minimum atomic E-state index is -0.370. The highest BCUT2D eigenvalue weighted by Crippen LogP contribution is 2.59. The molecular formula is C16H19NO3. The summed E-state index contributed by atoms with van der Waals surface area (Å²) >= 11 is 0. The van der Waals surface area contributed by atoms with Crippen LogP contribution < -0.4 is 4.73 Å². The van der Waals surface area contributed by atoms with Crippen LogP contribution in [-0.4, -0.2) is 12.6 Å². The predicted octanol–water partition coefficient (Wildman–Crippen LogP) is 2.47. The Kier molecular flexibility index (Phi) is 3.04. The minimum absolute atomic E-state index is 0.345. The van der Waals surface area contributed by atoms with Gasteiger partial charge in [-0.15, -0.1) is 0 Å². The number of hydrogen-bond acceptors (Lipinski definition) is 3. The number of carbonyl (C=O) groups excluding carboxylic acids is 1. The lowest BCUT2D eigenvalue weighted by molar-refractivity contribution is -0.605. The van der Waals surface area contributed by atoms with Gasteiger partial charge in [0.25, 0.3) is 0 Å². The molecule has 2 bridgehead atoms. The van der Waals surface area contributed by atoms with E-state index in [2.05, 4.69) is 19.9 Å². The first kappa shape index (κ1) is 13.2. The summed E-state index contributed by atoms with van der Waals surface area (Å²) in [6, 6.07) is 2.96. The van der Waals surface area contributed by atoms with Gasteiger partial charge in [0.2, 0.25) is 0 Å². The first-order valence-corrected chi connectivity index (χ1v) is 7.03. The van der Waals surface area contributed by atoms with Crippen molar-refractivity contribution in [3.63, 3.8) is 0 Å². The number of pyridine rings is 1. The molecule has 1 saturated carbocycles. The van der Waals surface area contributed by atoms with E-state index in [1.165, 1.54) is 36.5 Å². The van der Waals surface area contributed by atoms with E-state index in [4.69, 9.17) is 4.74 Å². The topological polar surface area (TPSA) is 53.2 Å². The van der Waals surface area contributed by atoms with Gasteiger partial charge in [-0.3, -0.25) is 0 Å². The van der Waals surface area contributed by atoms with Crippen LogP contribution in [0.15, 0.2) is 36.2 Å². The van der Waals surface area contributed by atoms with Crippen LogP contribution in [0.5, 0.6) is 0 Å². The smallest absolute Gasteiger partial charge is 0.338 e. The van der Waals surface area contributed by atoms with Crippen LogP contribution in [0.2, 0.25) is 0 Å². The van der Waals surface area contributed by atoms with Crippen molar-refractivity contribution in [2.45, 2.75) is 26.7 Å². The summed E-state index contributed by atoms with van der Waals surface area (Å²) in [7, 11) is 0. The fourth-order valence-corrected chi connectivity index (χ4v) is 3.42. The second-order valence-electron chi connectivity index (χ2n) is 6.34. The van der Waals surface area contributed by atoms with Crippen molar-refractivity contribution in [1.29, 1.82) is 0 Å². The molecule has 4 rings (SSSR count). The summed E-state index contributed by atoms with van der Waals surface area (Å²) in [5, 5.41) is 10.9. The summed E-state index contributed by atoms with van der Waals surface area (Å²) in [5.74, 6) is 0.966. The van der Waals surface area contributed by atoms with Crippen molar-refractivity contribution in [3.8, 4) is 0 Å². The molecule has 1 aromatic heterocycles. The van der Waals surface area contributed by atoms with E-state index in [0.29, 0.717) is 28.2 Å². The molecule has 2 atom stereocenters. The van der Waals surface area contributed by atoms with Crippen molar-refractivity contribution in [2.75, 3.05) is 6.61 Å². The van der Waals surface area contributed by atoms with Gasteiger partial charge in [0.15, 0.2) is 12.4 Å². The number of rotatable bonds is 3. The van der Waals surface area contributed by atoms with Gasteiger partial charge in [0, 0.05) is 12.1 Å². The number of esters is 1. The molecule has 0 spiro atoms. The average Bonchev–Trinajstić information content (AvgIpc) is 2.45.